The summed E-state index contributed by atoms with van der Waals surface area (Å²) in [6.45, 7) is 1.28. The number of methoxy groups -OCH3 is 1. The molecule has 0 heterocycles. The zero-order chi connectivity index (χ0) is 12.8. The van der Waals surface area contributed by atoms with Gasteiger partial charge in [0.1, 0.15) is 0 Å². The summed E-state index contributed by atoms with van der Waals surface area (Å²) in [7, 11) is 3.31. The first-order valence-electron chi connectivity index (χ1n) is 5.32. The van der Waals surface area contributed by atoms with E-state index in [1.54, 1.807) is 12.1 Å². The molecular formula is C12H17ClN2O2. The molecule has 0 atom stereocenters. The lowest BCUT2D eigenvalue weighted by molar-refractivity contribution is -0.140. The smallest absolute Gasteiger partial charge is 0.306 e. The van der Waals surface area contributed by atoms with Crippen LogP contribution in [-0.2, 0) is 16.1 Å². The molecule has 4 nitrogen and oxygen atoms in total. The Balaban J connectivity index is 2.52. The third kappa shape index (κ3) is 4.63. The number of carbonyl (C=O) groups is 1. The summed E-state index contributed by atoms with van der Waals surface area (Å²) in [6.07, 6.45) is 0.369. The van der Waals surface area contributed by atoms with E-state index in [1.807, 2.05) is 18.0 Å². The van der Waals surface area contributed by atoms with Crippen LogP contribution < -0.4 is 5.73 Å². The highest BCUT2D eigenvalue weighted by Gasteiger charge is 2.07. The van der Waals surface area contributed by atoms with Gasteiger partial charge in [-0.1, -0.05) is 11.6 Å². The molecule has 2 N–H and O–H groups in total. The van der Waals surface area contributed by atoms with Crippen molar-refractivity contribution in [2.45, 2.75) is 13.0 Å². The molecule has 0 bridgehead atoms. The molecule has 0 fully saturated rings. The fourth-order valence-electron chi connectivity index (χ4n) is 1.47. The highest BCUT2D eigenvalue weighted by atomic mass is 35.5. The van der Waals surface area contributed by atoms with Crippen LogP contribution in [0.3, 0.4) is 0 Å². The van der Waals surface area contributed by atoms with Gasteiger partial charge in [-0.15, -0.1) is 0 Å². The van der Waals surface area contributed by atoms with E-state index < -0.39 is 0 Å². The number of anilines is 1. The van der Waals surface area contributed by atoms with Crippen molar-refractivity contribution in [3.05, 3.63) is 28.8 Å². The quantitative estimate of drug-likeness (QED) is 0.646. The molecule has 1 aromatic rings. The van der Waals surface area contributed by atoms with Crippen molar-refractivity contribution in [3.8, 4) is 0 Å². The van der Waals surface area contributed by atoms with Crippen LogP contribution in [0.25, 0.3) is 0 Å². The predicted octanol–water partition coefficient (Wildman–Crippen LogP) is 1.92. The first-order chi connectivity index (χ1) is 8.02. The number of esters is 1. The van der Waals surface area contributed by atoms with E-state index in [0.717, 1.165) is 5.56 Å². The maximum Gasteiger partial charge on any atom is 0.306 e. The first-order valence-corrected chi connectivity index (χ1v) is 5.70. The van der Waals surface area contributed by atoms with Gasteiger partial charge in [0.25, 0.3) is 0 Å². The number of benzene rings is 1. The Morgan fingerprint density at radius 2 is 2.24 bits per heavy atom. The number of rotatable bonds is 5. The number of hydrogen-bond acceptors (Lipinski definition) is 4. The van der Waals surface area contributed by atoms with Crippen molar-refractivity contribution in [3.63, 3.8) is 0 Å². The van der Waals surface area contributed by atoms with Crippen molar-refractivity contribution >= 4 is 23.3 Å². The van der Waals surface area contributed by atoms with E-state index >= 15 is 0 Å². The van der Waals surface area contributed by atoms with E-state index in [9.17, 15) is 4.79 Å². The number of halogens is 1. The van der Waals surface area contributed by atoms with Crippen LogP contribution >= 0.6 is 11.6 Å². The minimum absolute atomic E-state index is 0.212. The number of carbonyl (C=O) groups excluding carboxylic acids is 1. The van der Waals surface area contributed by atoms with Crippen LogP contribution in [0.5, 0.6) is 0 Å². The molecule has 0 aromatic heterocycles. The molecule has 1 aromatic carbocycles. The third-order valence-electron chi connectivity index (χ3n) is 2.47. The number of nitrogens with two attached hydrogens (primary N) is 1. The number of ether oxygens (including phenoxy) is 1. The lowest BCUT2D eigenvalue weighted by Crippen LogP contribution is -2.22. The summed E-state index contributed by atoms with van der Waals surface area (Å²) in [5.74, 6) is -0.212. The molecule has 0 aliphatic carbocycles. The van der Waals surface area contributed by atoms with Gasteiger partial charge in [0.05, 0.1) is 13.5 Å². The molecule has 1 rings (SSSR count). The Kier molecular flexibility index (Phi) is 5.25. The van der Waals surface area contributed by atoms with Gasteiger partial charge in [-0.3, -0.25) is 4.79 Å². The molecule has 0 radical (unpaired) electrons. The summed E-state index contributed by atoms with van der Waals surface area (Å²) in [6, 6.07) is 5.38. The lowest BCUT2D eigenvalue weighted by Gasteiger charge is -2.17. The molecule has 0 saturated carbocycles. The molecule has 94 valence electrons. The standard InChI is InChI=1S/C12H17ClN2O2/c1-15(6-5-12(16)17-2)8-9-7-10(13)3-4-11(9)14/h3-4,7H,5-6,8,14H2,1-2H3. The van der Waals surface area contributed by atoms with Crippen molar-refractivity contribution in [1.29, 1.82) is 0 Å². The van der Waals surface area contributed by atoms with Crippen molar-refractivity contribution in [2.75, 3.05) is 26.4 Å². The lowest BCUT2D eigenvalue weighted by atomic mass is 10.1. The average molecular weight is 257 g/mol. The zero-order valence-electron chi connectivity index (χ0n) is 10.1. The van der Waals surface area contributed by atoms with Crippen LogP contribution in [-0.4, -0.2) is 31.6 Å². The van der Waals surface area contributed by atoms with E-state index in [-0.39, 0.29) is 5.97 Å². The maximum atomic E-state index is 11.0. The number of nitrogens with zero attached hydrogens (tertiary/aromatic N) is 1. The van der Waals surface area contributed by atoms with Gasteiger partial charge in [0.15, 0.2) is 0 Å². The normalized spacial score (nSPS) is 10.6. The van der Waals surface area contributed by atoms with Gasteiger partial charge < -0.3 is 15.4 Å². The maximum absolute atomic E-state index is 11.0. The van der Waals surface area contributed by atoms with Gasteiger partial charge in [-0.05, 0) is 30.8 Å². The van der Waals surface area contributed by atoms with Crippen molar-refractivity contribution in [2.24, 2.45) is 0 Å². The SMILES string of the molecule is COC(=O)CCN(C)Cc1cc(Cl)ccc1N. The Hall–Kier alpha value is -1.26. The minimum Gasteiger partial charge on any atom is -0.469 e. The van der Waals surface area contributed by atoms with E-state index in [2.05, 4.69) is 4.74 Å². The Labute approximate surface area is 106 Å². The van der Waals surface area contributed by atoms with E-state index in [4.69, 9.17) is 17.3 Å². The topological polar surface area (TPSA) is 55.6 Å². The van der Waals surface area contributed by atoms with E-state index in [1.165, 1.54) is 7.11 Å². The molecule has 0 amide bonds. The van der Waals surface area contributed by atoms with Gasteiger partial charge in [-0.25, -0.2) is 0 Å². The molecule has 0 aliphatic rings. The Bertz CT molecular complexity index is 396. The summed E-state index contributed by atoms with van der Waals surface area (Å²) < 4.78 is 4.58. The molecule has 0 saturated heterocycles. The zero-order valence-corrected chi connectivity index (χ0v) is 10.8. The monoisotopic (exact) mass is 256 g/mol. The number of nitrogen functional groups attached to an aromatic ring is 1. The van der Waals surface area contributed by atoms with Gasteiger partial charge in [0, 0.05) is 23.8 Å². The van der Waals surface area contributed by atoms with Crippen LogP contribution in [0.1, 0.15) is 12.0 Å². The van der Waals surface area contributed by atoms with Gasteiger partial charge in [0.2, 0.25) is 0 Å². The second kappa shape index (κ2) is 6.47. The molecule has 0 aliphatic heterocycles. The molecular weight excluding hydrogens is 240 g/mol. The minimum atomic E-state index is -0.212. The van der Waals surface area contributed by atoms with Crippen LogP contribution in [0.2, 0.25) is 5.02 Å². The number of hydrogen-bond donors (Lipinski definition) is 1. The summed E-state index contributed by atoms with van der Waals surface area (Å²) in [5, 5.41) is 0.663. The average Bonchev–Trinajstić information content (AvgIpc) is 2.30. The van der Waals surface area contributed by atoms with Gasteiger partial charge >= 0.3 is 5.97 Å². The fraction of sp³-hybridized carbons (Fsp3) is 0.417. The summed E-state index contributed by atoms with van der Waals surface area (Å²) >= 11 is 5.90. The summed E-state index contributed by atoms with van der Waals surface area (Å²) in [4.78, 5) is 13.0. The second-order valence-electron chi connectivity index (χ2n) is 3.91. The van der Waals surface area contributed by atoms with E-state index in [0.29, 0.717) is 30.2 Å². The Morgan fingerprint density at radius 3 is 2.88 bits per heavy atom. The molecule has 0 unspecified atom stereocenters. The predicted molar refractivity (Wildman–Crippen MR) is 68.8 cm³/mol. The van der Waals surface area contributed by atoms with Crippen LogP contribution in [0, 0.1) is 0 Å². The summed E-state index contributed by atoms with van der Waals surface area (Å²) in [5.41, 5.74) is 7.51. The fourth-order valence-corrected chi connectivity index (χ4v) is 1.66. The molecule has 17 heavy (non-hydrogen) atoms. The Morgan fingerprint density at radius 1 is 1.53 bits per heavy atom. The largest absolute Gasteiger partial charge is 0.469 e. The van der Waals surface area contributed by atoms with Crippen LogP contribution in [0.15, 0.2) is 18.2 Å². The second-order valence-corrected chi connectivity index (χ2v) is 4.34. The van der Waals surface area contributed by atoms with Gasteiger partial charge in [-0.2, -0.15) is 0 Å². The highest BCUT2D eigenvalue weighted by molar-refractivity contribution is 6.30. The van der Waals surface area contributed by atoms with Crippen LogP contribution in [0.4, 0.5) is 5.69 Å². The van der Waals surface area contributed by atoms with Crippen molar-refractivity contribution < 1.29 is 9.53 Å². The van der Waals surface area contributed by atoms with Crippen molar-refractivity contribution in [1.82, 2.24) is 4.90 Å². The molecule has 5 heteroatoms. The first kappa shape index (κ1) is 13.8. The third-order valence-corrected chi connectivity index (χ3v) is 2.71. The molecule has 0 spiro atoms. The highest BCUT2D eigenvalue weighted by Crippen LogP contribution is 2.19.